The third kappa shape index (κ3) is 3.65. The molecule has 0 radical (unpaired) electrons. The normalized spacial score (nSPS) is 11.9. The molecule has 0 aliphatic carbocycles. The number of nitrogens with zero attached hydrogens (tertiary/aromatic N) is 1. The molecule has 0 aromatic carbocycles. The summed E-state index contributed by atoms with van der Waals surface area (Å²) in [6, 6.07) is -0.408. The Balaban J connectivity index is 4.47. The smallest absolute Gasteiger partial charge is 0.332 e. The zero-order chi connectivity index (χ0) is 10.6. The molecule has 0 aromatic rings. The van der Waals surface area contributed by atoms with Crippen LogP contribution in [-0.2, 0) is 4.79 Å². The molecule has 5 heteroatoms. The molecule has 0 saturated carbocycles. The summed E-state index contributed by atoms with van der Waals surface area (Å²) in [6.45, 7) is 5.02. The molecule has 0 atom stereocenters. The lowest BCUT2D eigenvalue weighted by molar-refractivity contribution is -0.187. The average Bonchev–Trinajstić information content (AvgIpc) is 1.96. The molecule has 0 fully saturated rings. The largest absolute Gasteiger partial charge is 0.471 e. The second-order valence-electron chi connectivity index (χ2n) is 3.09. The summed E-state index contributed by atoms with van der Waals surface area (Å²) < 4.78 is 36.0. The van der Waals surface area contributed by atoms with Crippen molar-refractivity contribution in [2.24, 2.45) is 0 Å². The molecule has 0 saturated heterocycles. The molecular formula is C8H14F3NO. The van der Waals surface area contributed by atoms with E-state index in [-0.39, 0.29) is 6.54 Å². The highest BCUT2D eigenvalue weighted by Gasteiger charge is 2.42. The molecule has 0 N–H and O–H groups in total. The lowest BCUT2D eigenvalue weighted by atomic mass is 10.3. The van der Waals surface area contributed by atoms with E-state index < -0.39 is 18.1 Å². The zero-order valence-corrected chi connectivity index (χ0v) is 7.98. The first-order valence-corrected chi connectivity index (χ1v) is 4.18. The summed E-state index contributed by atoms with van der Waals surface area (Å²) in [4.78, 5) is 11.6. The Hall–Kier alpha value is -0.740. The van der Waals surface area contributed by atoms with Crippen LogP contribution >= 0.6 is 0 Å². The fraction of sp³-hybridized carbons (Fsp3) is 0.875. The summed E-state index contributed by atoms with van der Waals surface area (Å²) in [6.07, 6.45) is -4.22. The molecule has 0 aliphatic heterocycles. The van der Waals surface area contributed by atoms with E-state index in [0.29, 0.717) is 6.42 Å². The molecular weight excluding hydrogens is 183 g/mol. The van der Waals surface area contributed by atoms with E-state index in [1.54, 1.807) is 20.8 Å². The van der Waals surface area contributed by atoms with Gasteiger partial charge in [-0.3, -0.25) is 4.79 Å². The summed E-state index contributed by atoms with van der Waals surface area (Å²) in [5, 5.41) is 0. The van der Waals surface area contributed by atoms with E-state index in [9.17, 15) is 18.0 Å². The first-order chi connectivity index (χ1) is 5.80. The Morgan fingerprint density at radius 2 is 1.85 bits per heavy atom. The number of carbonyl (C=O) groups excluding carboxylic acids is 1. The predicted molar refractivity (Wildman–Crippen MR) is 43.2 cm³/mol. The van der Waals surface area contributed by atoms with Gasteiger partial charge in [0.25, 0.3) is 0 Å². The first kappa shape index (κ1) is 12.3. The molecule has 0 spiro atoms. The minimum Gasteiger partial charge on any atom is -0.332 e. The lowest BCUT2D eigenvalue weighted by Crippen LogP contribution is -2.45. The van der Waals surface area contributed by atoms with Crippen molar-refractivity contribution < 1.29 is 18.0 Å². The Morgan fingerprint density at radius 1 is 1.38 bits per heavy atom. The lowest BCUT2D eigenvalue weighted by Gasteiger charge is -2.26. The van der Waals surface area contributed by atoms with Crippen molar-refractivity contribution in [3.05, 3.63) is 0 Å². The van der Waals surface area contributed by atoms with Crippen LogP contribution in [0.25, 0.3) is 0 Å². The molecule has 0 rings (SSSR count). The maximum atomic E-state index is 12.0. The van der Waals surface area contributed by atoms with Crippen molar-refractivity contribution in [2.45, 2.75) is 39.4 Å². The number of hydrogen-bond acceptors (Lipinski definition) is 1. The Kier molecular flexibility index (Phi) is 4.23. The quantitative estimate of drug-likeness (QED) is 0.679. The van der Waals surface area contributed by atoms with Gasteiger partial charge in [-0.2, -0.15) is 13.2 Å². The molecule has 0 aromatic heterocycles. The van der Waals surface area contributed by atoms with Gasteiger partial charge in [0.2, 0.25) is 0 Å². The van der Waals surface area contributed by atoms with Crippen molar-refractivity contribution in [3.8, 4) is 0 Å². The fourth-order valence-corrected chi connectivity index (χ4v) is 0.998. The molecule has 0 heterocycles. The van der Waals surface area contributed by atoms with Crippen LogP contribution in [0.4, 0.5) is 13.2 Å². The van der Waals surface area contributed by atoms with Crippen molar-refractivity contribution >= 4 is 5.91 Å². The molecule has 1 amide bonds. The van der Waals surface area contributed by atoms with Gasteiger partial charge in [0.15, 0.2) is 0 Å². The number of halogens is 3. The SMILES string of the molecule is CCCN(C(=O)C(F)(F)F)C(C)C. The summed E-state index contributed by atoms with van der Waals surface area (Å²) in [5.74, 6) is -1.75. The number of carbonyl (C=O) groups is 1. The minimum absolute atomic E-state index is 0.149. The summed E-state index contributed by atoms with van der Waals surface area (Å²) >= 11 is 0. The van der Waals surface area contributed by atoms with Crippen molar-refractivity contribution in [3.63, 3.8) is 0 Å². The molecule has 13 heavy (non-hydrogen) atoms. The van der Waals surface area contributed by atoms with Gasteiger partial charge in [0.1, 0.15) is 0 Å². The zero-order valence-electron chi connectivity index (χ0n) is 7.98. The third-order valence-electron chi connectivity index (χ3n) is 1.59. The summed E-state index contributed by atoms with van der Waals surface area (Å²) in [7, 11) is 0. The number of hydrogen-bond donors (Lipinski definition) is 0. The van der Waals surface area contributed by atoms with Gasteiger partial charge in [0, 0.05) is 12.6 Å². The van der Waals surface area contributed by atoms with Gasteiger partial charge in [-0.15, -0.1) is 0 Å². The van der Waals surface area contributed by atoms with E-state index in [4.69, 9.17) is 0 Å². The van der Waals surface area contributed by atoms with Gasteiger partial charge in [-0.25, -0.2) is 0 Å². The molecule has 0 unspecified atom stereocenters. The van der Waals surface area contributed by atoms with Crippen LogP contribution in [0.5, 0.6) is 0 Å². The van der Waals surface area contributed by atoms with Crippen LogP contribution in [0.15, 0.2) is 0 Å². The Bertz CT molecular complexity index is 177. The van der Waals surface area contributed by atoms with E-state index in [0.717, 1.165) is 4.90 Å². The van der Waals surface area contributed by atoms with Gasteiger partial charge >= 0.3 is 12.1 Å². The highest BCUT2D eigenvalue weighted by atomic mass is 19.4. The highest BCUT2D eigenvalue weighted by molar-refractivity contribution is 5.82. The van der Waals surface area contributed by atoms with E-state index in [1.807, 2.05) is 0 Å². The van der Waals surface area contributed by atoms with Crippen molar-refractivity contribution in [2.75, 3.05) is 6.54 Å². The highest BCUT2D eigenvalue weighted by Crippen LogP contribution is 2.19. The van der Waals surface area contributed by atoms with Crippen LogP contribution in [0.1, 0.15) is 27.2 Å². The third-order valence-corrected chi connectivity index (χ3v) is 1.59. The maximum Gasteiger partial charge on any atom is 0.471 e. The van der Waals surface area contributed by atoms with Crippen LogP contribution < -0.4 is 0 Å². The van der Waals surface area contributed by atoms with E-state index in [2.05, 4.69) is 0 Å². The monoisotopic (exact) mass is 197 g/mol. The van der Waals surface area contributed by atoms with Crippen LogP contribution in [0.2, 0.25) is 0 Å². The molecule has 0 bridgehead atoms. The van der Waals surface area contributed by atoms with E-state index in [1.165, 1.54) is 0 Å². The standard InChI is InChI=1S/C8H14F3NO/c1-4-5-12(6(2)3)7(13)8(9,10)11/h6H,4-5H2,1-3H3. The second kappa shape index (κ2) is 4.48. The van der Waals surface area contributed by atoms with Crippen LogP contribution in [-0.4, -0.2) is 29.6 Å². The molecule has 78 valence electrons. The van der Waals surface area contributed by atoms with E-state index >= 15 is 0 Å². The number of rotatable bonds is 3. The van der Waals surface area contributed by atoms with Crippen LogP contribution in [0.3, 0.4) is 0 Å². The minimum atomic E-state index is -4.75. The average molecular weight is 197 g/mol. The predicted octanol–water partition coefficient (Wildman–Crippen LogP) is 2.20. The first-order valence-electron chi connectivity index (χ1n) is 4.18. The Morgan fingerprint density at radius 3 is 2.08 bits per heavy atom. The number of amides is 1. The van der Waals surface area contributed by atoms with Gasteiger partial charge in [0.05, 0.1) is 0 Å². The molecule has 0 aliphatic rings. The Labute approximate surface area is 75.7 Å². The van der Waals surface area contributed by atoms with Gasteiger partial charge in [-0.05, 0) is 20.3 Å². The van der Waals surface area contributed by atoms with Gasteiger partial charge in [-0.1, -0.05) is 6.92 Å². The molecule has 2 nitrogen and oxygen atoms in total. The number of alkyl halides is 3. The topological polar surface area (TPSA) is 20.3 Å². The van der Waals surface area contributed by atoms with Crippen molar-refractivity contribution in [1.29, 1.82) is 0 Å². The second-order valence-corrected chi connectivity index (χ2v) is 3.09. The van der Waals surface area contributed by atoms with Crippen LogP contribution in [0, 0.1) is 0 Å². The fourth-order valence-electron chi connectivity index (χ4n) is 0.998. The van der Waals surface area contributed by atoms with Crippen molar-refractivity contribution in [1.82, 2.24) is 4.90 Å². The maximum absolute atomic E-state index is 12.0. The van der Waals surface area contributed by atoms with Gasteiger partial charge < -0.3 is 4.90 Å². The summed E-state index contributed by atoms with van der Waals surface area (Å²) in [5.41, 5.74) is 0.